The van der Waals surface area contributed by atoms with Gasteiger partial charge in [0.05, 0.1) is 16.2 Å². The molecule has 3 nitrogen and oxygen atoms in total. The lowest BCUT2D eigenvalue weighted by molar-refractivity contribution is 0.474. The van der Waals surface area contributed by atoms with Gasteiger partial charge in [-0.25, -0.2) is 0 Å². The van der Waals surface area contributed by atoms with E-state index in [-0.39, 0.29) is 11.5 Å². The smallest absolute Gasteiger partial charge is 0.135 e. The van der Waals surface area contributed by atoms with Crippen molar-refractivity contribution in [2.75, 3.05) is 0 Å². The number of phenols is 2. The summed E-state index contributed by atoms with van der Waals surface area (Å²) in [6, 6.07) is 146. The molecule has 0 radical (unpaired) electrons. The van der Waals surface area contributed by atoms with Gasteiger partial charge in [0, 0.05) is 11.1 Å². The number of phenolic OH excluding ortho intramolecular Hbond substituents is 2. The standard InChI is InChI=1S/C109H74O3/c1-69-34-38-73(39-35-69)78-47-58-93-101(63-78)108(83-26-8-4-9-27-83,85-48-53-88(110)54-49-85)103-65-81(74-40-36-70(2)37-41-74)62-97(106(93)103)96-66-87(52-59-104(96)111)109(84-28-10-5-11-29-84)100-64-79(77-44-42-71-20-12-14-22-75(71)60-77)46-57-92(100)95-68-105(94(67-102(95)109)80-45-43-72-21-13-15-23-76(72)61-80)112-89-55-50-86(51-56-89)107(82-24-6-3-7-25-82)98-32-18-16-30-90(98)91-31-17-19-33-99(91)107/h3-68,110-111H,1-2H3. The summed E-state index contributed by atoms with van der Waals surface area (Å²) in [6.45, 7) is 4.27. The van der Waals surface area contributed by atoms with Crippen molar-refractivity contribution in [1.82, 2.24) is 0 Å². The minimum Gasteiger partial charge on any atom is -0.508 e. The van der Waals surface area contributed by atoms with Crippen molar-refractivity contribution in [2.45, 2.75) is 30.1 Å². The Morgan fingerprint density at radius 1 is 0.214 bits per heavy atom. The van der Waals surface area contributed by atoms with E-state index >= 15 is 0 Å². The Balaban J connectivity index is 0.827. The average Bonchev–Trinajstić information content (AvgIpc) is 1.53. The predicted octanol–water partition coefficient (Wildman–Crippen LogP) is 27.2. The molecule has 528 valence electrons. The van der Waals surface area contributed by atoms with E-state index < -0.39 is 16.2 Å². The molecule has 21 rings (SSSR count). The molecule has 0 bridgehead atoms. The van der Waals surface area contributed by atoms with E-state index in [0.717, 1.165) is 144 Å². The first-order valence-electron chi connectivity index (χ1n) is 38.7. The quantitative estimate of drug-likeness (QED) is 0.121. The first kappa shape index (κ1) is 66.1. The molecule has 2 atom stereocenters. The Labute approximate surface area is 652 Å². The summed E-state index contributed by atoms with van der Waals surface area (Å²) in [5.74, 6) is 1.78. The molecule has 2 N–H and O–H groups in total. The van der Waals surface area contributed by atoms with Gasteiger partial charge in [0.15, 0.2) is 0 Å². The molecule has 0 spiro atoms. The summed E-state index contributed by atoms with van der Waals surface area (Å²) < 4.78 is 7.62. The lowest BCUT2D eigenvalue weighted by Gasteiger charge is -2.35. The van der Waals surface area contributed by atoms with Crippen LogP contribution in [0.1, 0.15) is 77.9 Å². The topological polar surface area (TPSA) is 49.7 Å². The molecule has 0 amide bonds. The van der Waals surface area contributed by atoms with Crippen molar-refractivity contribution in [1.29, 1.82) is 0 Å². The minimum absolute atomic E-state index is 0.154. The average molecular weight is 1430 g/mol. The van der Waals surface area contributed by atoms with Gasteiger partial charge in [-0.15, -0.1) is 0 Å². The molecule has 0 saturated heterocycles. The lowest BCUT2D eigenvalue weighted by atomic mass is 9.66. The number of hydrogen-bond acceptors (Lipinski definition) is 3. The van der Waals surface area contributed by atoms with Crippen LogP contribution in [0.5, 0.6) is 23.0 Å². The fraction of sp³-hybridized carbons (Fsp3) is 0.0459. The number of ether oxygens (including phenoxy) is 1. The Kier molecular flexibility index (Phi) is 15.4. The van der Waals surface area contributed by atoms with Gasteiger partial charge in [0.1, 0.15) is 23.0 Å². The molecule has 0 aromatic heterocycles. The van der Waals surface area contributed by atoms with E-state index in [9.17, 15) is 10.2 Å². The van der Waals surface area contributed by atoms with Crippen molar-refractivity contribution in [3.8, 4) is 112 Å². The van der Waals surface area contributed by atoms with Crippen LogP contribution in [0.4, 0.5) is 0 Å². The van der Waals surface area contributed by atoms with Crippen LogP contribution in [0.15, 0.2) is 400 Å². The van der Waals surface area contributed by atoms with Gasteiger partial charge in [-0.2, -0.15) is 0 Å². The summed E-state index contributed by atoms with van der Waals surface area (Å²) in [6.07, 6.45) is 0. The normalized spacial score (nSPS) is 15.3. The van der Waals surface area contributed by atoms with Crippen molar-refractivity contribution in [3.05, 3.63) is 478 Å². The monoisotopic (exact) mass is 1430 g/mol. The summed E-state index contributed by atoms with van der Waals surface area (Å²) >= 11 is 0. The third-order valence-electron chi connectivity index (χ3n) is 24.5. The van der Waals surface area contributed by atoms with Crippen molar-refractivity contribution in [3.63, 3.8) is 0 Å². The zero-order chi connectivity index (χ0) is 74.8. The minimum atomic E-state index is -1.04. The Morgan fingerprint density at radius 3 is 1.21 bits per heavy atom. The van der Waals surface area contributed by atoms with Gasteiger partial charge in [-0.05, 0) is 265 Å². The summed E-state index contributed by atoms with van der Waals surface area (Å²) in [7, 11) is 0. The van der Waals surface area contributed by atoms with E-state index in [1.165, 1.54) is 44.2 Å². The highest BCUT2D eigenvalue weighted by molar-refractivity contribution is 6.02. The molecule has 112 heavy (non-hydrogen) atoms. The first-order valence-corrected chi connectivity index (χ1v) is 38.7. The SMILES string of the molecule is Cc1ccc(-c2ccc3c(c2)C(c2ccccc2)(c2ccc(O)cc2)c2cc(-c4ccc(C)cc4)cc(-c4cc(C5(c6ccccc6)c6cc(-c7ccc8ccccc8c7)ccc6-c6cc(Oc7ccc(C8(c9ccccc9)c9ccccc9-c9ccccc98)cc7)c(-c7ccc8ccccc8c7)cc65)ccc4O)c2-3)cc1. The zero-order valence-electron chi connectivity index (χ0n) is 61.9. The maximum absolute atomic E-state index is 13.5. The van der Waals surface area contributed by atoms with Crippen LogP contribution in [0.25, 0.3) is 111 Å². The predicted molar refractivity (Wildman–Crippen MR) is 460 cm³/mol. The summed E-state index contributed by atoms with van der Waals surface area (Å²) in [5, 5.41) is 29.3. The van der Waals surface area contributed by atoms with E-state index in [1.807, 2.05) is 18.2 Å². The molecular formula is C109H74O3. The van der Waals surface area contributed by atoms with Gasteiger partial charge in [-0.3, -0.25) is 0 Å². The van der Waals surface area contributed by atoms with E-state index in [2.05, 4.69) is 396 Å². The highest BCUT2D eigenvalue weighted by Crippen LogP contribution is 2.64. The molecule has 18 aromatic rings. The van der Waals surface area contributed by atoms with Crippen LogP contribution in [0.2, 0.25) is 0 Å². The van der Waals surface area contributed by atoms with Gasteiger partial charge >= 0.3 is 0 Å². The maximum atomic E-state index is 13.5. The van der Waals surface area contributed by atoms with Crippen LogP contribution in [-0.2, 0) is 16.2 Å². The molecule has 0 fully saturated rings. The number of aromatic hydroxyl groups is 2. The maximum Gasteiger partial charge on any atom is 0.135 e. The lowest BCUT2D eigenvalue weighted by Crippen LogP contribution is -2.29. The van der Waals surface area contributed by atoms with Crippen molar-refractivity contribution >= 4 is 21.5 Å². The van der Waals surface area contributed by atoms with Crippen LogP contribution < -0.4 is 4.74 Å². The molecule has 3 aliphatic rings. The van der Waals surface area contributed by atoms with Crippen LogP contribution in [0, 0.1) is 13.8 Å². The summed E-state index contributed by atoms with van der Waals surface area (Å²) in [5.41, 5.74) is 29.8. The van der Waals surface area contributed by atoms with Gasteiger partial charge in [-0.1, -0.05) is 327 Å². The van der Waals surface area contributed by atoms with Crippen LogP contribution >= 0.6 is 0 Å². The summed E-state index contributed by atoms with van der Waals surface area (Å²) in [4.78, 5) is 0. The first-order chi connectivity index (χ1) is 55.1. The van der Waals surface area contributed by atoms with Gasteiger partial charge in [0.25, 0.3) is 0 Å². The third-order valence-corrected chi connectivity index (χ3v) is 24.5. The van der Waals surface area contributed by atoms with E-state index in [0.29, 0.717) is 11.3 Å². The third kappa shape index (κ3) is 10.2. The second-order valence-corrected chi connectivity index (χ2v) is 30.6. The molecule has 18 aromatic carbocycles. The second-order valence-electron chi connectivity index (χ2n) is 30.6. The fourth-order valence-corrected chi connectivity index (χ4v) is 19.3. The molecule has 0 aliphatic heterocycles. The Hall–Kier alpha value is -14.1. The Bertz CT molecular complexity index is 6740. The number of benzene rings is 18. The molecular weight excluding hydrogens is 1360 g/mol. The van der Waals surface area contributed by atoms with Gasteiger partial charge < -0.3 is 14.9 Å². The molecule has 3 heteroatoms. The second kappa shape index (κ2) is 26.1. The van der Waals surface area contributed by atoms with E-state index in [4.69, 9.17) is 4.74 Å². The largest absolute Gasteiger partial charge is 0.508 e. The van der Waals surface area contributed by atoms with E-state index in [1.54, 1.807) is 0 Å². The van der Waals surface area contributed by atoms with Gasteiger partial charge in [0.2, 0.25) is 0 Å². The van der Waals surface area contributed by atoms with Crippen LogP contribution in [-0.4, -0.2) is 10.2 Å². The van der Waals surface area contributed by atoms with Crippen molar-refractivity contribution in [2.24, 2.45) is 0 Å². The van der Waals surface area contributed by atoms with Crippen molar-refractivity contribution < 1.29 is 14.9 Å². The molecule has 2 unspecified atom stereocenters. The number of rotatable bonds is 13. The van der Waals surface area contributed by atoms with Crippen LogP contribution in [0.3, 0.4) is 0 Å². The number of fused-ring (bicyclic) bond motifs is 11. The number of hydrogen-bond donors (Lipinski definition) is 2. The Morgan fingerprint density at radius 2 is 0.616 bits per heavy atom. The zero-order valence-corrected chi connectivity index (χ0v) is 61.9. The molecule has 0 heterocycles. The molecule has 3 aliphatic carbocycles. The molecule has 0 saturated carbocycles. The highest BCUT2D eigenvalue weighted by Gasteiger charge is 2.51. The fourth-order valence-electron chi connectivity index (χ4n) is 19.3. The highest BCUT2D eigenvalue weighted by atomic mass is 16.5. The number of aryl methyl sites for hydroxylation is 2.